The molecule has 1 fully saturated rings. The van der Waals surface area contributed by atoms with E-state index in [1.165, 1.54) is 12.8 Å². The Bertz CT molecular complexity index is 458. The molecule has 3 N–H and O–H groups in total. The number of carbonyl (C=O) groups is 1. The van der Waals surface area contributed by atoms with Gasteiger partial charge < -0.3 is 20.6 Å². The molecule has 0 bridgehead atoms. The standard InChI is InChI=1S/C16H26N4O2/c1-2-5-14(21)12-19-16(22)18-11-13-6-7-15(17-10-13)20-8-3-4-9-20/h6-7,10,14,21H,2-5,8-9,11-12H2,1H3,(H2,18,19,22). The van der Waals surface area contributed by atoms with E-state index >= 15 is 0 Å². The minimum absolute atomic E-state index is 0.265. The predicted molar refractivity (Wildman–Crippen MR) is 86.8 cm³/mol. The molecule has 1 aliphatic rings. The third-order valence-corrected chi connectivity index (χ3v) is 3.81. The summed E-state index contributed by atoms with van der Waals surface area (Å²) in [6.07, 6.45) is 5.39. The van der Waals surface area contributed by atoms with Gasteiger partial charge in [0.25, 0.3) is 0 Å². The summed E-state index contributed by atoms with van der Waals surface area (Å²) < 4.78 is 0. The topological polar surface area (TPSA) is 77.5 Å². The highest BCUT2D eigenvalue weighted by molar-refractivity contribution is 5.73. The third-order valence-electron chi connectivity index (χ3n) is 3.81. The second-order valence-corrected chi connectivity index (χ2v) is 5.72. The largest absolute Gasteiger partial charge is 0.391 e. The number of aliphatic hydroxyl groups is 1. The number of aromatic nitrogens is 1. The van der Waals surface area contributed by atoms with E-state index in [4.69, 9.17) is 0 Å². The zero-order valence-corrected chi connectivity index (χ0v) is 13.2. The summed E-state index contributed by atoms with van der Waals surface area (Å²) in [5, 5.41) is 15.0. The van der Waals surface area contributed by atoms with Crippen LogP contribution in [0.15, 0.2) is 18.3 Å². The first-order valence-corrected chi connectivity index (χ1v) is 8.08. The number of aliphatic hydroxyl groups excluding tert-OH is 1. The summed E-state index contributed by atoms with van der Waals surface area (Å²) in [5.41, 5.74) is 0.965. The molecular formula is C16H26N4O2. The molecule has 6 nitrogen and oxygen atoms in total. The molecule has 0 radical (unpaired) electrons. The van der Waals surface area contributed by atoms with Crippen LogP contribution in [-0.4, -0.2) is 41.9 Å². The molecule has 122 valence electrons. The van der Waals surface area contributed by atoms with Crippen molar-refractivity contribution in [1.82, 2.24) is 15.6 Å². The Balaban J connectivity index is 1.71. The summed E-state index contributed by atoms with van der Waals surface area (Å²) in [7, 11) is 0. The first-order chi connectivity index (χ1) is 10.7. The summed E-state index contributed by atoms with van der Waals surface area (Å²) in [4.78, 5) is 18.4. The molecule has 1 aliphatic heterocycles. The maximum absolute atomic E-state index is 11.6. The lowest BCUT2D eigenvalue weighted by atomic mass is 10.2. The molecule has 22 heavy (non-hydrogen) atoms. The van der Waals surface area contributed by atoms with Crippen molar-refractivity contribution < 1.29 is 9.90 Å². The van der Waals surface area contributed by atoms with Gasteiger partial charge in [-0.25, -0.2) is 9.78 Å². The minimum Gasteiger partial charge on any atom is -0.391 e. The van der Waals surface area contributed by atoms with Gasteiger partial charge in [0.1, 0.15) is 5.82 Å². The smallest absolute Gasteiger partial charge is 0.315 e. The fraction of sp³-hybridized carbons (Fsp3) is 0.625. The Morgan fingerprint density at radius 1 is 1.36 bits per heavy atom. The van der Waals surface area contributed by atoms with E-state index in [2.05, 4.69) is 20.5 Å². The second kappa shape index (κ2) is 8.58. The number of hydrogen-bond donors (Lipinski definition) is 3. The van der Waals surface area contributed by atoms with Crippen LogP contribution in [0.2, 0.25) is 0 Å². The van der Waals surface area contributed by atoms with Crippen LogP contribution in [-0.2, 0) is 6.54 Å². The van der Waals surface area contributed by atoms with Gasteiger partial charge in [-0.2, -0.15) is 0 Å². The van der Waals surface area contributed by atoms with Gasteiger partial charge in [-0.1, -0.05) is 19.4 Å². The van der Waals surface area contributed by atoms with E-state index in [1.54, 1.807) is 6.20 Å². The molecule has 1 saturated heterocycles. The summed E-state index contributed by atoms with van der Waals surface area (Å²) in [6.45, 7) is 4.87. The van der Waals surface area contributed by atoms with Crippen LogP contribution >= 0.6 is 0 Å². The first kappa shape index (κ1) is 16.5. The first-order valence-electron chi connectivity index (χ1n) is 8.08. The second-order valence-electron chi connectivity index (χ2n) is 5.72. The number of anilines is 1. The van der Waals surface area contributed by atoms with Gasteiger partial charge >= 0.3 is 6.03 Å². The molecule has 0 aromatic carbocycles. The maximum Gasteiger partial charge on any atom is 0.315 e. The summed E-state index contributed by atoms with van der Waals surface area (Å²) in [5.74, 6) is 1.01. The average Bonchev–Trinajstić information content (AvgIpc) is 3.06. The van der Waals surface area contributed by atoms with Crippen molar-refractivity contribution in [2.75, 3.05) is 24.5 Å². The van der Waals surface area contributed by atoms with Gasteiger partial charge in [-0.15, -0.1) is 0 Å². The molecule has 1 aromatic rings. The summed E-state index contributed by atoms with van der Waals surface area (Å²) in [6, 6.07) is 3.73. The molecule has 2 rings (SSSR count). The van der Waals surface area contributed by atoms with Gasteiger partial charge in [0.2, 0.25) is 0 Å². The molecule has 1 atom stereocenters. The number of nitrogens with zero attached hydrogens (tertiary/aromatic N) is 2. The SMILES string of the molecule is CCCC(O)CNC(=O)NCc1ccc(N2CCCC2)nc1. The minimum atomic E-state index is -0.475. The highest BCUT2D eigenvalue weighted by atomic mass is 16.3. The molecule has 2 amide bonds. The van der Waals surface area contributed by atoms with E-state index in [0.29, 0.717) is 13.0 Å². The fourth-order valence-corrected chi connectivity index (χ4v) is 2.55. The van der Waals surface area contributed by atoms with Crippen molar-refractivity contribution in [3.63, 3.8) is 0 Å². The van der Waals surface area contributed by atoms with Crippen molar-refractivity contribution in [1.29, 1.82) is 0 Å². The molecule has 1 aromatic heterocycles. The van der Waals surface area contributed by atoms with Crippen molar-refractivity contribution in [2.24, 2.45) is 0 Å². The van der Waals surface area contributed by atoms with E-state index in [-0.39, 0.29) is 12.6 Å². The molecule has 2 heterocycles. The Hall–Kier alpha value is -1.82. The number of amides is 2. The van der Waals surface area contributed by atoms with Crippen molar-refractivity contribution in [3.8, 4) is 0 Å². The van der Waals surface area contributed by atoms with Crippen LogP contribution in [0, 0.1) is 0 Å². The van der Waals surface area contributed by atoms with Gasteiger partial charge in [-0.05, 0) is 30.9 Å². The van der Waals surface area contributed by atoms with Gasteiger partial charge in [0, 0.05) is 32.4 Å². The molecule has 0 aliphatic carbocycles. The zero-order chi connectivity index (χ0) is 15.8. The summed E-state index contributed by atoms with van der Waals surface area (Å²) >= 11 is 0. The van der Waals surface area contributed by atoms with Gasteiger partial charge in [0.05, 0.1) is 6.10 Å². The van der Waals surface area contributed by atoms with Gasteiger partial charge in [-0.3, -0.25) is 0 Å². The Labute approximate surface area is 131 Å². The number of pyridine rings is 1. The number of carbonyl (C=O) groups excluding carboxylic acids is 1. The van der Waals surface area contributed by atoms with Crippen LogP contribution in [0.4, 0.5) is 10.6 Å². The van der Waals surface area contributed by atoms with Crippen molar-refractivity contribution in [2.45, 2.75) is 45.3 Å². The lowest BCUT2D eigenvalue weighted by Gasteiger charge is -2.16. The molecule has 0 spiro atoms. The van der Waals surface area contributed by atoms with E-state index in [0.717, 1.165) is 30.9 Å². The van der Waals surface area contributed by atoms with Crippen molar-refractivity contribution >= 4 is 11.8 Å². The monoisotopic (exact) mass is 306 g/mol. The average molecular weight is 306 g/mol. The number of nitrogens with one attached hydrogen (secondary N) is 2. The maximum atomic E-state index is 11.6. The lowest BCUT2D eigenvalue weighted by molar-refractivity contribution is 0.160. The quantitative estimate of drug-likeness (QED) is 0.716. The normalized spacial score (nSPS) is 15.6. The van der Waals surface area contributed by atoms with Crippen molar-refractivity contribution in [3.05, 3.63) is 23.9 Å². The molecule has 0 saturated carbocycles. The molecule has 6 heteroatoms. The molecule has 1 unspecified atom stereocenters. The van der Waals surface area contributed by atoms with Gasteiger partial charge in [0.15, 0.2) is 0 Å². The molecular weight excluding hydrogens is 280 g/mol. The van der Waals surface area contributed by atoms with Crippen LogP contribution in [0.3, 0.4) is 0 Å². The zero-order valence-electron chi connectivity index (χ0n) is 13.2. The van der Waals surface area contributed by atoms with Crippen LogP contribution < -0.4 is 15.5 Å². The number of hydrogen-bond acceptors (Lipinski definition) is 4. The Kier molecular flexibility index (Phi) is 6.45. The lowest BCUT2D eigenvalue weighted by Crippen LogP contribution is -2.39. The number of urea groups is 1. The highest BCUT2D eigenvalue weighted by Gasteiger charge is 2.13. The van der Waals surface area contributed by atoms with E-state index < -0.39 is 6.10 Å². The Morgan fingerprint density at radius 3 is 2.77 bits per heavy atom. The van der Waals surface area contributed by atoms with Crippen LogP contribution in [0.5, 0.6) is 0 Å². The predicted octanol–water partition coefficient (Wildman–Crippen LogP) is 1.64. The highest BCUT2D eigenvalue weighted by Crippen LogP contribution is 2.17. The van der Waals surface area contributed by atoms with Crippen LogP contribution in [0.25, 0.3) is 0 Å². The number of rotatable bonds is 7. The fourth-order valence-electron chi connectivity index (χ4n) is 2.55. The van der Waals surface area contributed by atoms with Crippen LogP contribution in [0.1, 0.15) is 38.2 Å². The van der Waals surface area contributed by atoms with E-state index in [1.807, 2.05) is 19.1 Å². The Morgan fingerprint density at radius 2 is 2.14 bits per heavy atom. The van der Waals surface area contributed by atoms with E-state index in [9.17, 15) is 9.90 Å². The third kappa shape index (κ3) is 5.18.